The molecule has 2 heteroatoms. The normalized spacial score (nSPS) is 12.2. The van der Waals surface area contributed by atoms with Gasteiger partial charge in [-0.3, -0.25) is 0 Å². The zero-order valence-corrected chi connectivity index (χ0v) is 11.5. The number of ether oxygens (including phenoxy) is 1. The third-order valence-corrected chi connectivity index (χ3v) is 3.26. The quantitative estimate of drug-likeness (QED) is 0.884. The second-order valence-corrected chi connectivity index (χ2v) is 4.68. The van der Waals surface area contributed by atoms with Crippen LogP contribution in [0.1, 0.15) is 29.7 Å². The number of benzene rings is 2. The van der Waals surface area contributed by atoms with Crippen LogP contribution in [-0.4, -0.2) is 11.7 Å². The Kier molecular flexibility index (Phi) is 4.58. The molecule has 100 valence electrons. The molecular formula is C17H20O2. The van der Waals surface area contributed by atoms with E-state index in [0.29, 0.717) is 0 Å². The van der Waals surface area contributed by atoms with E-state index in [1.54, 1.807) is 0 Å². The van der Waals surface area contributed by atoms with Crippen molar-refractivity contribution in [3.63, 3.8) is 0 Å². The van der Waals surface area contributed by atoms with E-state index in [0.717, 1.165) is 23.3 Å². The molecule has 0 radical (unpaired) electrons. The van der Waals surface area contributed by atoms with Crippen LogP contribution < -0.4 is 4.74 Å². The van der Waals surface area contributed by atoms with Crippen LogP contribution in [0.4, 0.5) is 0 Å². The average Bonchev–Trinajstić information content (AvgIpc) is 2.45. The van der Waals surface area contributed by atoms with Crippen molar-refractivity contribution >= 4 is 0 Å². The van der Waals surface area contributed by atoms with E-state index < -0.39 is 6.10 Å². The third-order valence-electron chi connectivity index (χ3n) is 3.26. The molecule has 2 nitrogen and oxygen atoms in total. The smallest absolute Gasteiger partial charge is 0.119 e. The molecule has 0 saturated heterocycles. The Hall–Kier alpha value is -1.80. The molecular weight excluding hydrogens is 236 g/mol. The molecule has 0 fully saturated rings. The molecule has 0 bridgehead atoms. The molecule has 1 N–H and O–H groups in total. The monoisotopic (exact) mass is 256 g/mol. The van der Waals surface area contributed by atoms with Crippen molar-refractivity contribution in [1.82, 2.24) is 0 Å². The van der Waals surface area contributed by atoms with E-state index >= 15 is 0 Å². The first kappa shape index (κ1) is 13.6. The van der Waals surface area contributed by atoms with Crippen molar-refractivity contribution in [3.05, 3.63) is 65.2 Å². The van der Waals surface area contributed by atoms with E-state index in [4.69, 9.17) is 4.74 Å². The summed E-state index contributed by atoms with van der Waals surface area (Å²) in [6, 6.07) is 15.8. The van der Waals surface area contributed by atoms with Gasteiger partial charge in [0.1, 0.15) is 18.5 Å². The molecule has 1 atom stereocenters. The van der Waals surface area contributed by atoms with Crippen molar-refractivity contribution in [2.45, 2.75) is 26.4 Å². The van der Waals surface area contributed by atoms with Crippen molar-refractivity contribution in [1.29, 1.82) is 0 Å². The van der Waals surface area contributed by atoms with Gasteiger partial charge in [0.2, 0.25) is 0 Å². The molecule has 2 aromatic carbocycles. The second kappa shape index (κ2) is 6.39. The minimum atomic E-state index is -0.591. The maximum atomic E-state index is 10.2. The van der Waals surface area contributed by atoms with Crippen LogP contribution in [0.5, 0.6) is 5.75 Å². The van der Waals surface area contributed by atoms with Gasteiger partial charge in [0, 0.05) is 0 Å². The van der Waals surface area contributed by atoms with Gasteiger partial charge in [-0.15, -0.1) is 0 Å². The summed E-state index contributed by atoms with van der Waals surface area (Å²) < 4.78 is 5.67. The first-order valence-corrected chi connectivity index (χ1v) is 6.66. The zero-order chi connectivity index (χ0) is 13.7. The Morgan fingerprint density at radius 1 is 1.11 bits per heavy atom. The van der Waals surface area contributed by atoms with Gasteiger partial charge in [0.25, 0.3) is 0 Å². The summed E-state index contributed by atoms with van der Waals surface area (Å²) in [5, 5.41) is 10.2. The lowest BCUT2D eigenvalue weighted by Gasteiger charge is -2.15. The lowest BCUT2D eigenvalue weighted by Crippen LogP contribution is -2.10. The van der Waals surface area contributed by atoms with Gasteiger partial charge < -0.3 is 9.84 Å². The summed E-state index contributed by atoms with van der Waals surface area (Å²) in [6.45, 7) is 4.38. The van der Waals surface area contributed by atoms with Crippen LogP contribution in [-0.2, 0) is 6.42 Å². The Morgan fingerprint density at radius 3 is 2.63 bits per heavy atom. The maximum Gasteiger partial charge on any atom is 0.119 e. The molecule has 1 unspecified atom stereocenters. The summed E-state index contributed by atoms with van der Waals surface area (Å²) in [7, 11) is 0. The minimum absolute atomic E-state index is 0.276. The predicted molar refractivity (Wildman–Crippen MR) is 77.5 cm³/mol. The van der Waals surface area contributed by atoms with Crippen LogP contribution in [0.3, 0.4) is 0 Å². The molecule has 2 aromatic rings. The van der Waals surface area contributed by atoms with Gasteiger partial charge in [-0.1, -0.05) is 43.3 Å². The topological polar surface area (TPSA) is 29.5 Å². The molecule has 0 saturated carbocycles. The predicted octanol–water partition coefficient (Wildman–Crippen LogP) is 3.67. The fraction of sp³-hybridized carbons (Fsp3) is 0.294. The molecule has 0 aliphatic rings. The van der Waals surface area contributed by atoms with Gasteiger partial charge in [-0.05, 0) is 42.2 Å². The maximum absolute atomic E-state index is 10.2. The van der Waals surface area contributed by atoms with Crippen LogP contribution >= 0.6 is 0 Å². The molecule has 0 aliphatic heterocycles. The van der Waals surface area contributed by atoms with Crippen LogP contribution in [0.15, 0.2) is 48.5 Å². The highest BCUT2D eigenvalue weighted by atomic mass is 16.5. The Morgan fingerprint density at radius 2 is 1.89 bits per heavy atom. The lowest BCUT2D eigenvalue weighted by molar-refractivity contribution is 0.107. The molecule has 0 aromatic heterocycles. The molecule has 0 spiro atoms. The van der Waals surface area contributed by atoms with Crippen LogP contribution in [0, 0.1) is 6.92 Å². The fourth-order valence-corrected chi connectivity index (χ4v) is 2.08. The van der Waals surface area contributed by atoms with E-state index in [9.17, 15) is 5.11 Å². The summed E-state index contributed by atoms with van der Waals surface area (Å²) in [6.07, 6.45) is 0.392. The number of hydrogen-bond acceptors (Lipinski definition) is 2. The van der Waals surface area contributed by atoms with Gasteiger partial charge in [-0.2, -0.15) is 0 Å². The highest BCUT2D eigenvalue weighted by Crippen LogP contribution is 2.20. The molecule has 0 heterocycles. The molecule has 19 heavy (non-hydrogen) atoms. The van der Waals surface area contributed by atoms with Gasteiger partial charge >= 0.3 is 0 Å². The van der Waals surface area contributed by atoms with E-state index in [1.165, 1.54) is 5.56 Å². The standard InChI is InChI=1S/C17H20O2/c1-3-14-8-6-9-15(11-14)19-12-17(18)16-10-5-4-7-13(16)2/h4-11,17-18H,3,12H2,1-2H3. The number of rotatable bonds is 5. The number of aliphatic hydroxyl groups is 1. The van der Waals surface area contributed by atoms with E-state index in [2.05, 4.69) is 13.0 Å². The largest absolute Gasteiger partial charge is 0.491 e. The SMILES string of the molecule is CCc1cccc(OCC(O)c2ccccc2C)c1. The second-order valence-electron chi connectivity index (χ2n) is 4.68. The number of aryl methyl sites for hydroxylation is 2. The Balaban J connectivity index is 2.00. The van der Waals surface area contributed by atoms with Crippen molar-refractivity contribution < 1.29 is 9.84 Å². The van der Waals surface area contributed by atoms with Gasteiger partial charge in [0.05, 0.1) is 0 Å². The zero-order valence-electron chi connectivity index (χ0n) is 11.5. The average molecular weight is 256 g/mol. The Labute approximate surface area is 114 Å². The molecule has 2 rings (SSSR count). The molecule has 0 aliphatic carbocycles. The highest BCUT2D eigenvalue weighted by Gasteiger charge is 2.10. The summed E-state index contributed by atoms with van der Waals surface area (Å²) in [4.78, 5) is 0. The summed E-state index contributed by atoms with van der Waals surface area (Å²) >= 11 is 0. The fourth-order valence-electron chi connectivity index (χ4n) is 2.08. The van der Waals surface area contributed by atoms with E-state index in [1.807, 2.05) is 49.4 Å². The van der Waals surface area contributed by atoms with Crippen LogP contribution in [0.25, 0.3) is 0 Å². The summed E-state index contributed by atoms with van der Waals surface area (Å²) in [5.41, 5.74) is 3.25. The van der Waals surface area contributed by atoms with Gasteiger partial charge in [-0.25, -0.2) is 0 Å². The first-order valence-electron chi connectivity index (χ1n) is 6.66. The number of hydrogen-bond donors (Lipinski definition) is 1. The Bertz CT molecular complexity index is 534. The van der Waals surface area contributed by atoms with Crippen molar-refractivity contribution in [2.75, 3.05) is 6.61 Å². The number of aliphatic hydroxyl groups excluding tert-OH is 1. The lowest BCUT2D eigenvalue weighted by atomic mass is 10.0. The minimum Gasteiger partial charge on any atom is -0.491 e. The van der Waals surface area contributed by atoms with Crippen molar-refractivity contribution in [3.8, 4) is 5.75 Å². The first-order chi connectivity index (χ1) is 9.20. The third kappa shape index (κ3) is 3.58. The highest BCUT2D eigenvalue weighted by molar-refractivity contribution is 5.30. The van der Waals surface area contributed by atoms with Gasteiger partial charge in [0.15, 0.2) is 0 Å². The molecule has 0 amide bonds. The van der Waals surface area contributed by atoms with E-state index in [-0.39, 0.29) is 6.61 Å². The summed E-state index contributed by atoms with van der Waals surface area (Å²) in [5.74, 6) is 0.812. The van der Waals surface area contributed by atoms with Crippen molar-refractivity contribution in [2.24, 2.45) is 0 Å². The van der Waals surface area contributed by atoms with Crippen LogP contribution in [0.2, 0.25) is 0 Å².